The van der Waals surface area contributed by atoms with Crippen LogP contribution in [0.4, 0.5) is 0 Å². The van der Waals surface area contributed by atoms with Crippen molar-refractivity contribution in [1.29, 1.82) is 0 Å². The quantitative estimate of drug-likeness (QED) is 0.567. The van der Waals surface area contributed by atoms with E-state index in [-0.39, 0.29) is 0 Å². The Bertz CT molecular complexity index is 430. The van der Waals surface area contributed by atoms with E-state index in [0.717, 1.165) is 5.56 Å². The first kappa shape index (κ1) is 14.1. The average Bonchev–Trinajstić information content (AvgIpc) is 2.35. The number of amides is 1. The molecule has 1 unspecified atom stereocenters. The fraction of sp³-hybridized carbons (Fsp3) is 0.333. The maximum Gasteiger partial charge on any atom is 0.328 e. The molecule has 0 aliphatic rings. The molecule has 1 aromatic carbocycles. The predicted molar refractivity (Wildman–Crippen MR) is 64.8 cm³/mol. The van der Waals surface area contributed by atoms with Crippen LogP contribution in [0.5, 0.6) is 0 Å². The van der Waals surface area contributed by atoms with E-state index in [9.17, 15) is 9.59 Å². The summed E-state index contributed by atoms with van der Waals surface area (Å²) < 4.78 is 0. The minimum absolute atomic E-state index is 0.583. The SMILES string of the molecule is Cc1ccc(C(N)C(=O)N[C@@H](CO)C(=O)O)cc1. The fourth-order valence-corrected chi connectivity index (χ4v) is 1.37. The number of benzene rings is 1. The summed E-state index contributed by atoms with van der Waals surface area (Å²) >= 11 is 0. The van der Waals surface area contributed by atoms with Crippen LogP contribution in [0.15, 0.2) is 24.3 Å². The number of nitrogens with one attached hydrogen (secondary N) is 1. The van der Waals surface area contributed by atoms with Crippen LogP contribution >= 0.6 is 0 Å². The Morgan fingerprint density at radius 1 is 1.33 bits per heavy atom. The highest BCUT2D eigenvalue weighted by atomic mass is 16.4. The lowest BCUT2D eigenvalue weighted by Crippen LogP contribution is -2.46. The lowest BCUT2D eigenvalue weighted by molar-refractivity contribution is -0.143. The number of carboxylic acid groups (broad SMARTS) is 1. The molecule has 0 aliphatic heterocycles. The van der Waals surface area contributed by atoms with Gasteiger partial charge in [0.25, 0.3) is 0 Å². The second-order valence-electron chi connectivity index (χ2n) is 3.97. The van der Waals surface area contributed by atoms with Crippen molar-refractivity contribution in [3.8, 4) is 0 Å². The molecule has 6 heteroatoms. The zero-order valence-electron chi connectivity index (χ0n) is 9.96. The lowest BCUT2D eigenvalue weighted by atomic mass is 10.1. The molecular weight excluding hydrogens is 236 g/mol. The van der Waals surface area contributed by atoms with Gasteiger partial charge >= 0.3 is 5.97 Å². The van der Waals surface area contributed by atoms with Crippen LogP contribution in [-0.4, -0.2) is 34.7 Å². The van der Waals surface area contributed by atoms with Crippen LogP contribution in [0, 0.1) is 6.92 Å². The molecule has 0 fully saturated rings. The van der Waals surface area contributed by atoms with Crippen molar-refractivity contribution >= 4 is 11.9 Å². The summed E-state index contributed by atoms with van der Waals surface area (Å²) in [5.41, 5.74) is 7.32. The Kier molecular flexibility index (Phi) is 4.82. The van der Waals surface area contributed by atoms with Gasteiger partial charge in [0.05, 0.1) is 6.61 Å². The molecule has 1 rings (SSSR count). The molecule has 2 atom stereocenters. The minimum Gasteiger partial charge on any atom is -0.480 e. The third-order valence-corrected chi connectivity index (χ3v) is 2.52. The Labute approximate surface area is 104 Å². The lowest BCUT2D eigenvalue weighted by Gasteiger charge is -2.16. The largest absolute Gasteiger partial charge is 0.480 e. The number of carboxylic acids is 1. The molecule has 1 aromatic rings. The first-order valence-electron chi connectivity index (χ1n) is 5.42. The van der Waals surface area contributed by atoms with Crippen LogP contribution in [-0.2, 0) is 9.59 Å². The van der Waals surface area contributed by atoms with Gasteiger partial charge in [0.1, 0.15) is 12.1 Å². The number of aliphatic hydroxyl groups is 1. The smallest absolute Gasteiger partial charge is 0.328 e. The van der Waals surface area contributed by atoms with Crippen molar-refractivity contribution in [2.45, 2.75) is 19.0 Å². The molecule has 0 aliphatic carbocycles. The molecule has 0 saturated heterocycles. The van der Waals surface area contributed by atoms with Gasteiger partial charge in [0, 0.05) is 0 Å². The Balaban J connectivity index is 2.72. The van der Waals surface area contributed by atoms with Crippen molar-refractivity contribution < 1.29 is 19.8 Å². The van der Waals surface area contributed by atoms with Crippen LogP contribution in [0.3, 0.4) is 0 Å². The summed E-state index contributed by atoms with van der Waals surface area (Å²) in [5.74, 6) is -1.94. The van der Waals surface area contributed by atoms with E-state index in [1.165, 1.54) is 0 Å². The highest BCUT2D eigenvalue weighted by Gasteiger charge is 2.23. The second-order valence-corrected chi connectivity index (χ2v) is 3.97. The number of carbonyl (C=O) groups is 2. The first-order chi connectivity index (χ1) is 8.45. The van der Waals surface area contributed by atoms with Gasteiger partial charge in [-0.3, -0.25) is 4.79 Å². The fourth-order valence-electron chi connectivity index (χ4n) is 1.37. The van der Waals surface area contributed by atoms with Crippen molar-refractivity contribution in [2.24, 2.45) is 5.73 Å². The van der Waals surface area contributed by atoms with Gasteiger partial charge in [0.15, 0.2) is 0 Å². The van der Waals surface area contributed by atoms with Crippen molar-refractivity contribution in [2.75, 3.05) is 6.61 Å². The van der Waals surface area contributed by atoms with Crippen LogP contribution in [0.25, 0.3) is 0 Å². The van der Waals surface area contributed by atoms with E-state index >= 15 is 0 Å². The number of rotatable bonds is 5. The number of hydrogen-bond acceptors (Lipinski definition) is 4. The number of carbonyl (C=O) groups excluding carboxylic acids is 1. The molecule has 1 amide bonds. The van der Waals surface area contributed by atoms with Gasteiger partial charge in [0.2, 0.25) is 5.91 Å². The van der Waals surface area contributed by atoms with Crippen LogP contribution < -0.4 is 11.1 Å². The summed E-state index contributed by atoms with van der Waals surface area (Å²) in [6.07, 6.45) is 0. The number of aryl methyl sites for hydroxylation is 1. The van der Waals surface area contributed by atoms with E-state index in [1.807, 2.05) is 19.1 Å². The van der Waals surface area contributed by atoms with E-state index in [2.05, 4.69) is 5.32 Å². The molecule has 0 spiro atoms. The third-order valence-electron chi connectivity index (χ3n) is 2.52. The molecule has 0 radical (unpaired) electrons. The molecular formula is C12H16N2O4. The number of nitrogens with two attached hydrogens (primary N) is 1. The highest BCUT2D eigenvalue weighted by Crippen LogP contribution is 2.11. The summed E-state index contributed by atoms with van der Waals surface area (Å²) in [5, 5.41) is 19.7. The number of aliphatic hydroxyl groups excluding tert-OH is 1. The Morgan fingerprint density at radius 2 is 1.89 bits per heavy atom. The highest BCUT2D eigenvalue weighted by molar-refractivity contribution is 5.87. The summed E-state index contributed by atoms with van der Waals surface area (Å²) in [6.45, 7) is 1.23. The summed E-state index contributed by atoms with van der Waals surface area (Å²) in [7, 11) is 0. The minimum atomic E-state index is -1.34. The standard InChI is InChI=1S/C12H16N2O4/c1-7-2-4-8(5-3-7)10(13)11(16)14-9(6-15)12(17)18/h2-5,9-10,15H,6,13H2,1H3,(H,14,16)(H,17,18)/t9-,10?/m0/s1. The van der Waals surface area contributed by atoms with E-state index in [0.29, 0.717) is 5.56 Å². The predicted octanol–water partition coefficient (Wildman–Crippen LogP) is -0.443. The average molecular weight is 252 g/mol. The number of hydrogen-bond donors (Lipinski definition) is 4. The van der Waals surface area contributed by atoms with Crippen molar-refractivity contribution in [1.82, 2.24) is 5.32 Å². The third kappa shape index (κ3) is 3.54. The molecule has 6 nitrogen and oxygen atoms in total. The van der Waals surface area contributed by atoms with Gasteiger partial charge in [-0.25, -0.2) is 4.79 Å². The maximum absolute atomic E-state index is 11.7. The molecule has 0 bridgehead atoms. The monoisotopic (exact) mass is 252 g/mol. The molecule has 5 N–H and O–H groups in total. The van der Waals surface area contributed by atoms with Gasteiger partial charge in [-0.1, -0.05) is 29.8 Å². The maximum atomic E-state index is 11.7. The Morgan fingerprint density at radius 3 is 2.33 bits per heavy atom. The molecule has 0 saturated carbocycles. The van der Waals surface area contributed by atoms with Gasteiger partial charge in [-0.15, -0.1) is 0 Å². The normalized spacial score (nSPS) is 13.7. The van der Waals surface area contributed by atoms with Crippen molar-refractivity contribution in [3.05, 3.63) is 35.4 Å². The Hall–Kier alpha value is -1.92. The molecule has 0 aromatic heterocycles. The molecule has 18 heavy (non-hydrogen) atoms. The topological polar surface area (TPSA) is 113 Å². The van der Waals surface area contributed by atoms with E-state index < -0.39 is 30.6 Å². The molecule has 98 valence electrons. The van der Waals surface area contributed by atoms with Gasteiger partial charge in [-0.2, -0.15) is 0 Å². The first-order valence-corrected chi connectivity index (χ1v) is 5.42. The van der Waals surface area contributed by atoms with Crippen LogP contribution in [0.1, 0.15) is 17.2 Å². The summed E-state index contributed by atoms with van der Waals surface area (Å²) in [6, 6.07) is 4.72. The van der Waals surface area contributed by atoms with Gasteiger partial charge < -0.3 is 21.3 Å². The molecule has 0 heterocycles. The number of aliphatic carboxylic acids is 1. The zero-order chi connectivity index (χ0) is 13.7. The van der Waals surface area contributed by atoms with E-state index in [1.54, 1.807) is 12.1 Å². The summed E-state index contributed by atoms with van der Waals surface area (Å²) in [4.78, 5) is 22.3. The zero-order valence-corrected chi connectivity index (χ0v) is 9.96. The van der Waals surface area contributed by atoms with Crippen molar-refractivity contribution in [3.63, 3.8) is 0 Å². The van der Waals surface area contributed by atoms with E-state index in [4.69, 9.17) is 15.9 Å². The van der Waals surface area contributed by atoms with Crippen LogP contribution in [0.2, 0.25) is 0 Å². The van der Waals surface area contributed by atoms with Gasteiger partial charge in [-0.05, 0) is 12.5 Å². The second kappa shape index (κ2) is 6.13.